The highest BCUT2D eigenvalue weighted by atomic mass is 16.2. The fourth-order valence-electron chi connectivity index (χ4n) is 4.27. The van der Waals surface area contributed by atoms with Gasteiger partial charge in [-0.3, -0.25) is 4.79 Å². The van der Waals surface area contributed by atoms with Crippen molar-refractivity contribution in [3.8, 4) is 0 Å². The van der Waals surface area contributed by atoms with Gasteiger partial charge in [0.25, 0.3) is 5.91 Å². The highest BCUT2D eigenvalue weighted by molar-refractivity contribution is 5.95. The van der Waals surface area contributed by atoms with Crippen LogP contribution in [0.1, 0.15) is 53.1 Å². The van der Waals surface area contributed by atoms with Gasteiger partial charge < -0.3 is 14.8 Å². The molecule has 1 aromatic heterocycles. The van der Waals surface area contributed by atoms with E-state index in [4.69, 9.17) is 0 Å². The first kappa shape index (κ1) is 18.7. The molecule has 1 aliphatic heterocycles. The van der Waals surface area contributed by atoms with Crippen molar-refractivity contribution in [2.45, 2.75) is 39.7 Å². The van der Waals surface area contributed by atoms with Gasteiger partial charge in [-0.15, -0.1) is 0 Å². The van der Waals surface area contributed by atoms with Gasteiger partial charge in [0, 0.05) is 24.5 Å². The van der Waals surface area contributed by atoms with Crippen LogP contribution < -0.4 is 5.32 Å². The smallest absolute Gasteiger partial charge is 0.255 e. The number of hydrogen-bond acceptors (Lipinski definition) is 2. The Balaban J connectivity index is 1.79. The van der Waals surface area contributed by atoms with Gasteiger partial charge in [0.05, 0.1) is 11.6 Å². The van der Waals surface area contributed by atoms with E-state index >= 15 is 0 Å². The van der Waals surface area contributed by atoms with Crippen LogP contribution >= 0.6 is 0 Å². The van der Waals surface area contributed by atoms with Crippen molar-refractivity contribution in [3.05, 3.63) is 58.9 Å². The lowest BCUT2D eigenvalue weighted by Gasteiger charge is -2.32. The summed E-state index contributed by atoms with van der Waals surface area (Å²) in [4.78, 5) is 15.1. The molecule has 0 aliphatic carbocycles. The minimum absolute atomic E-state index is 0.188. The van der Waals surface area contributed by atoms with Gasteiger partial charge in [0.1, 0.15) is 0 Å². The molecule has 0 spiro atoms. The van der Waals surface area contributed by atoms with Gasteiger partial charge in [-0.05, 0) is 64.8 Å². The van der Waals surface area contributed by atoms with Crippen LogP contribution in [0.2, 0.25) is 0 Å². The number of likely N-dealkylation sites (tertiary alicyclic amines) is 1. The van der Waals surface area contributed by atoms with Crippen LogP contribution in [0.15, 0.2) is 36.4 Å². The molecule has 4 nitrogen and oxygen atoms in total. The number of carbonyl (C=O) groups is 1. The third-order valence-corrected chi connectivity index (χ3v) is 5.78. The molecule has 3 rings (SSSR count). The molecule has 26 heavy (non-hydrogen) atoms. The number of nitrogens with one attached hydrogen (secondary N) is 1. The van der Waals surface area contributed by atoms with E-state index < -0.39 is 0 Å². The molecular weight excluding hydrogens is 322 g/mol. The molecule has 140 valence electrons. The fraction of sp³-hybridized carbons (Fsp3) is 0.500. The maximum Gasteiger partial charge on any atom is 0.255 e. The lowest BCUT2D eigenvalue weighted by Crippen LogP contribution is -2.40. The van der Waals surface area contributed by atoms with E-state index in [0.717, 1.165) is 49.4 Å². The molecule has 2 heterocycles. The number of nitrogens with zero attached hydrogens (tertiary/aromatic N) is 2. The number of amides is 1. The van der Waals surface area contributed by atoms with Gasteiger partial charge in [0.15, 0.2) is 0 Å². The summed E-state index contributed by atoms with van der Waals surface area (Å²) in [7, 11) is 2.00. The molecule has 1 unspecified atom stereocenters. The maximum atomic E-state index is 13.1. The predicted molar refractivity (Wildman–Crippen MR) is 107 cm³/mol. The summed E-state index contributed by atoms with van der Waals surface area (Å²) in [5.41, 5.74) is 4.34. The van der Waals surface area contributed by atoms with Crippen molar-refractivity contribution in [2.75, 3.05) is 26.7 Å². The first-order valence-corrected chi connectivity index (χ1v) is 9.70. The maximum absolute atomic E-state index is 13.1. The Hall–Kier alpha value is -2.07. The van der Waals surface area contributed by atoms with Crippen molar-refractivity contribution in [2.24, 2.45) is 5.92 Å². The summed E-state index contributed by atoms with van der Waals surface area (Å²) < 4.78 is 2.29. The summed E-state index contributed by atoms with van der Waals surface area (Å²) in [5.74, 6) is 0.877. The standard InChI is InChI=1S/C22H31N3O/c1-16-14-21(22(26)24-12-10-19(11-13-24)15-23-4)18(3)25(16)17(2)20-8-6-5-7-9-20/h5-9,14,17,19,23H,10-13,15H2,1-4H3. The number of carbonyl (C=O) groups excluding carboxylic acids is 1. The second-order valence-corrected chi connectivity index (χ2v) is 7.53. The first-order chi connectivity index (χ1) is 12.5. The number of benzene rings is 1. The third kappa shape index (κ3) is 3.70. The second-order valence-electron chi connectivity index (χ2n) is 7.53. The van der Waals surface area contributed by atoms with E-state index in [1.165, 1.54) is 5.56 Å². The van der Waals surface area contributed by atoms with Gasteiger partial charge in [-0.1, -0.05) is 30.3 Å². The van der Waals surface area contributed by atoms with Crippen LogP contribution in [0.3, 0.4) is 0 Å². The van der Waals surface area contributed by atoms with Crippen LogP contribution in [0, 0.1) is 19.8 Å². The Morgan fingerprint density at radius 1 is 1.19 bits per heavy atom. The SMILES string of the molecule is CNCC1CCN(C(=O)c2cc(C)n(C(C)c3ccccc3)c2C)CC1. The van der Waals surface area contributed by atoms with E-state index in [1.807, 2.05) is 18.0 Å². The normalized spacial score (nSPS) is 16.7. The lowest BCUT2D eigenvalue weighted by molar-refractivity contribution is 0.0690. The number of aromatic nitrogens is 1. The molecule has 1 aromatic carbocycles. The number of rotatable bonds is 5. The largest absolute Gasteiger partial charge is 0.341 e. The Kier molecular flexibility index (Phi) is 5.82. The molecule has 1 amide bonds. The van der Waals surface area contributed by atoms with E-state index in [1.54, 1.807) is 0 Å². The number of aryl methyl sites for hydroxylation is 1. The predicted octanol–water partition coefficient (Wildman–Crippen LogP) is 3.79. The van der Waals surface area contributed by atoms with Crippen LogP contribution in [0.25, 0.3) is 0 Å². The molecule has 1 aliphatic rings. The van der Waals surface area contributed by atoms with Crippen molar-refractivity contribution < 1.29 is 4.79 Å². The molecular formula is C22H31N3O. The zero-order chi connectivity index (χ0) is 18.7. The average molecular weight is 354 g/mol. The van der Waals surface area contributed by atoms with Crippen molar-refractivity contribution in [1.82, 2.24) is 14.8 Å². The van der Waals surface area contributed by atoms with Gasteiger partial charge in [-0.25, -0.2) is 0 Å². The third-order valence-electron chi connectivity index (χ3n) is 5.78. The highest BCUT2D eigenvalue weighted by Crippen LogP contribution is 2.27. The van der Waals surface area contributed by atoms with Gasteiger partial charge >= 0.3 is 0 Å². The molecule has 4 heteroatoms. The van der Waals surface area contributed by atoms with Crippen LogP contribution in [0.4, 0.5) is 0 Å². The summed E-state index contributed by atoms with van der Waals surface area (Å²) in [5, 5.41) is 3.25. The molecule has 0 saturated carbocycles. The van der Waals surface area contributed by atoms with Crippen molar-refractivity contribution in [1.29, 1.82) is 0 Å². The monoisotopic (exact) mass is 353 g/mol. The second kappa shape index (κ2) is 8.09. The first-order valence-electron chi connectivity index (χ1n) is 9.70. The number of hydrogen-bond donors (Lipinski definition) is 1. The molecule has 2 aromatic rings. The Bertz CT molecular complexity index is 742. The quantitative estimate of drug-likeness (QED) is 0.888. The van der Waals surface area contributed by atoms with Gasteiger partial charge in [0.2, 0.25) is 0 Å². The zero-order valence-electron chi connectivity index (χ0n) is 16.5. The van der Waals surface area contributed by atoms with Crippen molar-refractivity contribution >= 4 is 5.91 Å². The van der Waals surface area contributed by atoms with E-state index in [-0.39, 0.29) is 11.9 Å². The van der Waals surface area contributed by atoms with E-state index in [9.17, 15) is 4.79 Å². The van der Waals surface area contributed by atoms with Crippen molar-refractivity contribution in [3.63, 3.8) is 0 Å². The van der Waals surface area contributed by atoms with Crippen LogP contribution in [0.5, 0.6) is 0 Å². The summed E-state index contributed by atoms with van der Waals surface area (Å²) in [6.45, 7) is 9.15. The Morgan fingerprint density at radius 2 is 1.85 bits per heavy atom. The van der Waals surface area contributed by atoms with E-state index in [2.05, 4.69) is 61.0 Å². The zero-order valence-corrected chi connectivity index (χ0v) is 16.5. The molecule has 1 N–H and O–H groups in total. The molecule has 1 saturated heterocycles. The minimum atomic E-state index is 0.188. The molecule has 0 bridgehead atoms. The minimum Gasteiger partial charge on any atom is -0.341 e. The van der Waals surface area contributed by atoms with E-state index in [0.29, 0.717) is 5.92 Å². The Morgan fingerprint density at radius 3 is 2.46 bits per heavy atom. The van der Waals surface area contributed by atoms with Crippen LogP contribution in [-0.4, -0.2) is 42.1 Å². The summed E-state index contributed by atoms with van der Waals surface area (Å²) >= 11 is 0. The van der Waals surface area contributed by atoms with Crippen LogP contribution in [-0.2, 0) is 0 Å². The molecule has 1 fully saturated rings. The fourth-order valence-corrected chi connectivity index (χ4v) is 4.27. The lowest BCUT2D eigenvalue weighted by atomic mass is 9.96. The summed E-state index contributed by atoms with van der Waals surface area (Å²) in [6.07, 6.45) is 2.18. The molecule has 0 radical (unpaired) electrons. The number of piperidine rings is 1. The highest BCUT2D eigenvalue weighted by Gasteiger charge is 2.26. The summed E-state index contributed by atoms with van der Waals surface area (Å²) in [6, 6.07) is 12.8. The topological polar surface area (TPSA) is 37.3 Å². The molecule has 1 atom stereocenters. The van der Waals surface area contributed by atoms with Gasteiger partial charge in [-0.2, -0.15) is 0 Å². The average Bonchev–Trinajstić information content (AvgIpc) is 2.96. The Labute approximate surface area is 157 Å².